The molecule has 23 heavy (non-hydrogen) atoms. The van der Waals surface area contributed by atoms with Crippen molar-refractivity contribution in [3.8, 4) is 0 Å². The fourth-order valence-corrected chi connectivity index (χ4v) is 3.35. The smallest absolute Gasteiger partial charge is 0.146 e. The maximum atomic E-state index is 14.2. The Morgan fingerprint density at radius 3 is 2.70 bits per heavy atom. The molecule has 1 aliphatic rings. The number of benzene rings is 1. The molecule has 2 N–H and O–H groups in total. The molecule has 0 amide bonds. The molecule has 0 spiro atoms. The van der Waals surface area contributed by atoms with E-state index >= 15 is 0 Å². The maximum Gasteiger partial charge on any atom is 0.146 e. The Bertz CT molecular complexity index is 490. The van der Waals surface area contributed by atoms with Crippen molar-refractivity contribution >= 4 is 11.6 Å². The van der Waals surface area contributed by atoms with E-state index in [9.17, 15) is 9.50 Å². The fourth-order valence-electron chi connectivity index (χ4n) is 3.17. The summed E-state index contributed by atoms with van der Waals surface area (Å²) in [5.41, 5.74) is 0.647. The first-order chi connectivity index (χ1) is 11.0. The molecule has 0 aromatic heterocycles. The van der Waals surface area contributed by atoms with Gasteiger partial charge in [0.1, 0.15) is 5.82 Å². The molecule has 2 rings (SSSR count). The van der Waals surface area contributed by atoms with E-state index in [1.54, 1.807) is 12.1 Å². The van der Waals surface area contributed by atoms with Crippen LogP contribution in [0.4, 0.5) is 4.39 Å². The third-order valence-corrected chi connectivity index (χ3v) is 4.85. The molecule has 0 saturated carbocycles. The van der Waals surface area contributed by atoms with Crippen LogP contribution < -0.4 is 5.32 Å². The number of halogens is 2. The number of hydrogen-bond acceptors (Lipinski definition) is 3. The van der Waals surface area contributed by atoms with Crippen LogP contribution in [0, 0.1) is 11.7 Å². The number of rotatable bonds is 7. The van der Waals surface area contributed by atoms with E-state index in [1.165, 1.54) is 0 Å². The van der Waals surface area contributed by atoms with Gasteiger partial charge < -0.3 is 15.3 Å². The van der Waals surface area contributed by atoms with Crippen molar-refractivity contribution in [3.05, 3.63) is 34.6 Å². The number of nitrogens with one attached hydrogen (secondary N) is 1. The molecule has 1 heterocycles. The highest BCUT2D eigenvalue weighted by atomic mass is 35.5. The van der Waals surface area contributed by atoms with Crippen molar-refractivity contribution < 1.29 is 9.50 Å². The van der Waals surface area contributed by atoms with Crippen LogP contribution in [0.1, 0.15) is 44.7 Å². The van der Waals surface area contributed by atoms with Gasteiger partial charge in [0.25, 0.3) is 0 Å². The van der Waals surface area contributed by atoms with E-state index < -0.39 is 0 Å². The maximum absolute atomic E-state index is 14.2. The third kappa shape index (κ3) is 5.42. The topological polar surface area (TPSA) is 35.5 Å². The number of aliphatic hydroxyl groups excluding tert-OH is 1. The molecule has 5 heteroatoms. The first kappa shape index (κ1) is 18.7. The second kappa shape index (κ2) is 8.97. The number of likely N-dealkylation sites (tertiary alicyclic amines) is 1. The first-order valence-electron chi connectivity index (χ1n) is 8.56. The molecule has 1 atom stereocenters. The molecule has 130 valence electrons. The lowest BCUT2D eigenvalue weighted by atomic mass is 9.95. The van der Waals surface area contributed by atoms with Gasteiger partial charge >= 0.3 is 0 Å². The second-order valence-electron chi connectivity index (χ2n) is 6.75. The molecule has 1 aromatic carbocycles. The lowest BCUT2D eigenvalue weighted by Crippen LogP contribution is -2.37. The lowest BCUT2D eigenvalue weighted by molar-refractivity contribution is 0.0819. The summed E-state index contributed by atoms with van der Waals surface area (Å²) >= 11 is 5.91. The van der Waals surface area contributed by atoms with Crippen molar-refractivity contribution in [1.29, 1.82) is 0 Å². The van der Waals surface area contributed by atoms with Gasteiger partial charge in [-0.1, -0.05) is 37.6 Å². The summed E-state index contributed by atoms with van der Waals surface area (Å²) in [6.07, 6.45) is 2.63. The summed E-state index contributed by atoms with van der Waals surface area (Å²) in [5.74, 6) is -0.0292. The predicted molar refractivity (Wildman–Crippen MR) is 93.3 cm³/mol. The fraction of sp³-hybridized carbons (Fsp3) is 0.667. The highest BCUT2D eigenvalue weighted by Crippen LogP contribution is 2.28. The highest BCUT2D eigenvalue weighted by Gasteiger charge is 2.20. The standard InChI is InChI=1S/C18H28ClFN2O/c1-13(2)18(15-5-3-6-16(19)17(15)20)21-9-4-10-22-11-7-14(23)8-12-22/h3,5-6,13-14,18,21,23H,4,7-12H2,1-2H3. The minimum absolute atomic E-state index is 0.0307. The van der Waals surface area contributed by atoms with Gasteiger partial charge in [0.2, 0.25) is 0 Å². The van der Waals surface area contributed by atoms with Gasteiger partial charge in [-0.15, -0.1) is 0 Å². The van der Waals surface area contributed by atoms with E-state index in [0.717, 1.165) is 45.4 Å². The minimum Gasteiger partial charge on any atom is -0.393 e. The zero-order chi connectivity index (χ0) is 16.8. The highest BCUT2D eigenvalue weighted by molar-refractivity contribution is 6.30. The molecule has 0 radical (unpaired) electrons. The largest absolute Gasteiger partial charge is 0.393 e. The van der Waals surface area contributed by atoms with Gasteiger partial charge in [0.15, 0.2) is 0 Å². The molecule has 1 aliphatic heterocycles. The van der Waals surface area contributed by atoms with Crippen molar-refractivity contribution in [2.24, 2.45) is 5.92 Å². The zero-order valence-corrected chi connectivity index (χ0v) is 14.8. The number of hydrogen-bond donors (Lipinski definition) is 2. The number of nitrogens with zero attached hydrogens (tertiary/aromatic N) is 1. The Kier molecular flexibility index (Phi) is 7.28. The average molecular weight is 343 g/mol. The Labute approximate surface area is 143 Å². The molecule has 0 bridgehead atoms. The molecule has 0 aliphatic carbocycles. The lowest BCUT2D eigenvalue weighted by Gasteiger charge is -2.30. The normalized spacial score (nSPS) is 18.5. The molecular formula is C18H28ClFN2O. The van der Waals surface area contributed by atoms with Crippen LogP contribution in [0.5, 0.6) is 0 Å². The van der Waals surface area contributed by atoms with Crippen LogP contribution in [0.2, 0.25) is 5.02 Å². The molecule has 1 saturated heterocycles. The van der Waals surface area contributed by atoms with Crippen LogP contribution in [0.25, 0.3) is 0 Å². The zero-order valence-electron chi connectivity index (χ0n) is 14.1. The van der Waals surface area contributed by atoms with Crippen molar-refractivity contribution in [2.45, 2.75) is 45.3 Å². The Morgan fingerprint density at radius 2 is 2.04 bits per heavy atom. The first-order valence-corrected chi connectivity index (χ1v) is 8.94. The number of piperidine rings is 1. The Hall–Kier alpha value is -0.680. The van der Waals surface area contributed by atoms with Gasteiger partial charge in [-0.2, -0.15) is 0 Å². The minimum atomic E-state index is -0.314. The summed E-state index contributed by atoms with van der Waals surface area (Å²) in [6.45, 7) is 7.97. The quantitative estimate of drug-likeness (QED) is 0.743. The summed E-state index contributed by atoms with van der Waals surface area (Å²) in [7, 11) is 0. The molecule has 3 nitrogen and oxygen atoms in total. The van der Waals surface area contributed by atoms with Crippen molar-refractivity contribution in [2.75, 3.05) is 26.2 Å². The molecule has 1 aromatic rings. The monoisotopic (exact) mass is 342 g/mol. The molecule has 1 fully saturated rings. The van der Waals surface area contributed by atoms with Crippen LogP contribution in [-0.4, -0.2) is 42.3 Å². The Morgan fingerprint density at radius 1 is 1.35 bits per heavy atom. The summed E-state index contributed by atoms with van der Waals surface area (Å²) in [4.78, 5) is 2.39. The van der Waals surface area contributed by atoms with Crippen LogP contribution >= 0.6 is 11.6 Å². The Balaban J connectivity index is 1.82. The summed E-state index contributed by atoms with van der Waals surface area (Å²) in [6, 6.07) is 5.17. The predicted octanol–water partition coefficient (Wildman–Crippen LogP) is 3.61. The number of aliphatic hydroxyl groups is 1. The molecule has 1 unspecified atom stereocenters. The van der Waals surface area contributed by atoms with Crippen LogP contribution in [-0.2, 0) is 0 Å². The van der Waals surface area contributed by atoms with Gasteiger partial charge in [0.05, 0.1) is 11.1 Å². The summed E-state index contributed by atoms with van der Waals surface area (Å²) in [5, 5.41) is 13.2. The van der Waals surface area contributed by atoms with Crippen molar-refractivity contribution in [1.82, 2.24) is 10.2 Å². The SMILES string of the molecule is CC(C)C(NCCCN1CCC(O)CC1)c1cccc(Cl)c1F. The third-order valence-electron chi connectivity index (χ3n) is 4.56. The summed E-state index contributed by atoms with van der Waals surface area (Å²) < 4.78 is 14.2. The van der Waals surface area contributed by atoms with E-state index in [4.69, 9.17) is 11.6 Å². The van der Waals surface area contributed by atoms with Gasteiger partial charge in [-0.25, -0.2) is 4.39 Å². The second-order valence-corrected chi connectivity index (χ2v) is 7.15. The van der Waals surface area contributed by atoms with Gasteiger partial charge in [0, 0.05) is 24.7 Å². The van der Waals surface area contributed by atoms with E-state index in [1.807, 2.05) is 6.07 Å². The van der Waals surface area contributed by atoms with Gasteiger partial charge in [-0.3, -0.25) is 0 Å². The van der Waals surface area contributed by atoms with E-state index in [-0.39, 0.29) is 28.9 Å². The van der Waals surface area contributed by atoms with Crippen LogP contribution in [0.3, 0.4) is 0 Å². The average Bonchev–Trinajstić information content (AvgIpc) is 2.52. The van der Waals surface area contributed by atoms with E-state index in [2.05, 4.69) is 24.1 Å². The van der Waals surface area contributed by atoms with Gasteiger partial charge in [-0.05, 0) is 44.3 Å². The molecular weight excluding hydrogens is 315 g/mol. The van der Waals surface area contributed by atoms with Crippen LogP contribution in [0.15, 0.2) is 18.2 Å². The van der Waals surface area contributed by atoms with E-state index in [0.29, 0.717) is 5.56 Å². The van der Waals surface area contributed by atoms with Crippen molar-refractivity contribution in [3.63, 3.8) is 0 Å².